The van der Waals surface area contributed by atoms with Gasteiger partial charge in [-0.1, -0.05) is 78.9 Å². The van der Waals surface area contributed by atoms with E-state index in [2.05, 4.69) is 5.32 Å². The van der Waals surface area contributed by atoms with E-state index in [4.69, 9.17) is 20.0 Å². The third-order valence-electron chi connectivity index (χ3n) is 6.88. The summed E-state index contributed by atoms with van der Waals surface area (Å²) in [5.74, 6) is -0.359. The number of ether oxygens (including phenoxy) is 2. The van der Waals surface area contributed by atoms with Crippen LogP contribution >= 0.6 is 0 Å². The van der Waals surface area contributed by atoms with Gasteiger partial charge in [0.2, 0.25) is 10.0 Å². The molecule has 0 aliphatic carbocycles. The highest BCUT2D eigenvalue weighted by atomic mass is 32.2. The third-order valence-corrected chi connectivity index (χ3v) is 7.85. The van der Waals surface area contributed by atoms with Crippen LogP contribution in [0.2, 0.25) is 0 Å². The molecule has 5 rings (SSSR count). The van der Waals surface area contributed by atoms with Crippen molar-refractivity contribution in [3.05, 3.63) is 150 Å². The van der Waals surface area contributed by atoms with E-state index in [9.17, 15) is 22.4 Å². The first-order chi connectivity index (χ1) is 22.5. The summed E-state index contributed by atoms with van der Waals surface area (Å²) in [7, 11) is -3.95. The number of rotatable bonds is 9. The fourth-order valence-corrected chi connectivity index (χ4v) is 5.43. The standard InChI is InChI=1S/C35H29FN4O6S/c36-28-15-19-29(20-16-28)45-34(41)39-33(37)27-10-6-9-25(21-27)23-40(22-24-7-2-1-3-8-24)35(42)46-30-17-13-26(14-18-30)31-11-4-5-12-32(31)47(38,43)44/h1-21H,22-23H2,(H2,37,39,41)(H2,38,43,44). The molecule has 5 aromatic carbocycles. The van der Waals surface area contributed by atoms with Crippen molar-refractivity contribution in [2.75, 3.05) is 0 Å². The molecule has 0 spiro atoms. The molecule has 238 valence electrons. The second-order valence-corrected chi connectivity index (χ2v) is 11.8. The number of halogens is 1. The summed E-state index contributed by atoms with van der Waals surface area (Å²) in [5.41, 5.74) is 2.87. The summed E-state index contributed by atoms with van der Waals surface area (Å²) in [6.45, 7) is 0.318. The van der Waals surface area contributed by atoms with Crippen LogP contribution in [0.4, 0.5) is 14.0 Å². The van der Waals surface area contributed by atoms with Crippen molar-refractivity contribution in [1.82, 2.24) is 10.2 Å². The average molecular weight is 653 g/mol. The predicted octanol–water partition coefficient (Wildman–Crippen LogP) is 6.46. The van der Waals surface area contributed by atoms with Gasteiger partial charge in [0.05, 0.1) is 4.90 Å². The SMILES string of the molecule is N=C(NC(=O)Oc1ccc(F)cc1)c1cccc(CN(Cc2ccccc2)C(=O)Oc2ccc(-c3ccccc3S(N)(=O)=O)cc2)c1. The van der Waals surface area contributed by atoms with Crippen LogP contribution in [0, 0.1) is 11.2 Å². The van der Waals surface area contributed by atoms with Gasteiger partial charge in [-0.25, -0.2) is 27.5 Å². The Bertz CT molecular complexity index is 2000. The molecular weight excluding hydrogens is 623 g/mol. The Hall–Kier alpha value is -5.85. The Labute approximate surface area is 270 Å². The van der Waals surface area contributed by atoms with Gasteiger partial charge in [-0.15, -0.1) is 0 Å². The lowest BCUT2D eigenvalue weighted by Crippen LogP contribution is -2.34. The van der Waals surface area contributed by atoms with E-state index >= 15 is 0 Å². The van der Waals surface area contributed by atoms with E-state index in [1.165, 1.54) is 23.1 Å². The van der Waals surface area contributed by atoms with Crippen LogP contribution in [0.3, 0.4) is 0 Å². The monoisotopic (exact) mass is 652 g/mol. The second kappa shape index (κ2) is 14.5. The molecule has 0 radical (unpaired) electrons. The molecule has 47 heavy (non-hydrogen) atoms. The molecule has 0 aliphatic heterocycles. The van der Waals surface area contributed by atoms with Crippen molar-refractivity contribution < 1.29 is 31.9 Å². The summed E-state index contributed by atoms with van der Waals surface area (Å²) >= 11 is 0. The smallest absolute Gasteiger partial charge is 0.410 e. The number of nitrogens with two attached hydrogens (primary N) is 1. The van der Waals surface area contributed by atoms with Gasteiger partial charge in [0.1, 0.15) is 23.2 Å². The predicted molar refractivity (Wildman–Crippen MR) is 174 cm³/mol. The minimum absolute atomic E-state index is 0.0194. The van der Waals surface area contributed by atoms with Crippen molar-refractivity contribution in [2.45, 2.75) is 18.0 Å². The Balaban J connectivity index is 1.30. The van der Waals surface area contributed by atoms with E-state index in [-0.39, 0.29) is 35.3 Å². The lowest BCUT2D eigenvalue weighted by molar-refractivity contribution is 0.146. The largest absolute Gasteiger partial charge is 0.418 e. The maximum Gasteiger partial charge on any atom is 0.418 e. The maximum atomic E-state index is 13.5. The number of benzene rings is 5. The van der Waals surface area contributed by atoms with Gasteiger partial charge in [0.15, 0.2) is 0 Å². The summed E-state index contributed by atoms with van der Waals surface area (Å²) in [6, 6.07) is 33.7. The van der Waals surface area contributed by atoms with Gasteiger partial charge in [0.25, 0.3) is 0 Å². The molecule has 0 unspecified atom stereocenters. The van der Waals surface area contributed by atoms with Crippen molar-refractivity contribution in [1.29, 1.82) is 5.41 Å². The number of carbonyl (C=O) groups excluding carboxylic acids is 2. The fraction of sp³-hybridized carbons (Fsp3) is 0.0571. The highest BCUT2D eigenvalue weighted by molar-refractivity contribution is 7.89. The Morgan fingerprint density at radius 1 is 0.745 bits per heavy atom. The van der Waals surface area contributed by atoms with E-state index in [1.54, 1.807) is 66.7 Å². The first kappa shape index (κ1) is 32.5. The number of primary sulfonamides is 1. The van der Waals surface area contributed by atoms with E-state index in [0.717, 1.165) is 17.7 Å². The van der Waals surface area contributed by atoms with Crippen LogP contribution in [-0.4, -0.2) is 31.3 Å². The molecule has 10 nitrogen and oxygen atoms in total. The van der Waals surface area contributed by atoms with Crippen LogP contribution in [0.5, 0.6) is 11.5 Å². The minimum Gasteiger partial charge on any atom is -0.410 e. The van der Waals surface area contributed by atoms with E-state index in [1.807, 2.05) is 30.3 Å². The number of hydrogen-bond donors (Lipinski definition) is 3. The highest BCUT2D eigenvalue weighted by Crippen LogP contribution is 2.28. The molecule has 0 aromatic heterocycles. The Morgan fingerprint density at radius 3 is 2.04 bits per heavy atom. The Morgan fingerprint density at radius 2 is 1.34 bits per heavy atom. The summed E-state index contributed by atoms with van der Waals surface area (Å²) < 4.78 is 48.1. The van der Waals surface area contributed by atoms with Crippen LogP contribution in [-0.2, 0) is 23.1 Å². The number of amidine groups is 1. The molecular formula is C35H29FN4O6S. The van der Waals surface area contributed by atoms with Gasteiger partial charge in [-0.05, 0) is 65.2 Å². The first-order valence-electron chi connectivity index (χ1n) is 14.2. The van der Waals surface area contributed by atoms with Gasteiger partial charge in [-0.3, -0.25) is 15.6 Å². The molecule has 0 fully saturated rings. The number of hydrogen-bond acceptors (Lipinski definition) is 7. The Kier molecular flexibility index (Phi) is 10.0. The average Bonchev–Trinajstić information content (AvgIpc) is 3.06. The molecule has 2 amide bonds. The fourth-order valence-electron chi connectivity index (χ4n) is 4.66. The van der Waals surface area contributed by atoms with Crippen LogP contribution < -0.4 is 19.9 Å². The van der Waals surface area contributed by atoms with Gasteiger partial charge in [-0.2, -0.15) is 0 Å². The highest BCUT2D eigenvalue weighted by Gasteiger charge is 2.19. The topological polar surface area (TPSA) is 152 Å². The van der Waals surface area contributed by atoms with Crippen molar-refractivity contribution in [2.24, 2.45) is 5.14 Å². The summed E-state index contributed by atoms with van der Waals surface area (Å²) in [5, 5.41) is 16.1. The molecule has 0 bridgehead atoms. The zero-order chi connectivity index (χ0) is 33.4. The molecule has 12 heteroatoms. The van der Waals surface area contributed by atoms with Crippen molar-refractivity contribution >= 4 is 28.0 Å². The minimum atomic E-state index is -3.95. The summed E-state index contributed by atoms with van der Waals surface area (Å²) in [4.78, 5) is 27.3. The first-order valence-corrected chi connectivity index (χ1v) is 15.7. The number of amides is 2. The van der Waals surface area contributed by atoms with Gasteiger partial charge in [0, 0.05) is 24.2 Å². The zero-order valence-corrected chi connectivity index (χ0v) is 25.6. The van der Waals surface area contributed by atoms with Crippen molar-refractivity contribution in [3.8, 4) is 22.6 Å². The molecule has 0 atom stereocenters. The molecule has 0 aliphatic rings. The molecule has 0 saturated heterocycles. The molecule has 4 N–H and O–H groups in total. The summed E-state index contributed by atoms with van der Waals surface area (Å²) in [6.07, 6.45) is -1.56. The second-order valence-electron chi connectivity index (χ2n) is 10.3. The number of sulfonamides is 1. The molecule has 5 aromatic rings. The van der Waals surface area contributed by atoms with E-state index < -0.39 is 28.0 Å². The van der Waals surface area contributed by atoms with Crippen LogP contribution in [0.15, 0.2) is 132 Å². The lowest BCUT2D eigenvalue weighted by Gasteiger charge is -2.23. The lowest BCUT2D eigenvalue weighted by atomic mass is 10.1. The number of nitrogens with zero attached hydrogens (tertiary/aromatic N) is 1. The maximum absolute atomic E-state index is 13.5. The van der Waals surface area contributed by atoms with Crippen LogP contribution in [0.25, 0.3) is 11.1 Å². The normalized spacial score (nSPS) is 10.9. The third kappa shape index (κ3) is 8.87. The number of nitrogens with one attached hydrogen (secondary N) is 2. The molecule has 0 saturated carbocycles. The van der Waals surface area contributed by atoms with Crippen LogP contribution in [0.1, 0.15) is 16.7 Å². The molecule has 0 heterocycles. The van der Waals surface area contributed by atoms with Crippen molar-refractivity contribution in [3.63, 3.8) is 0 Å². The van der Waals surface area contributed by atoms with Gasteiger partial charge < -0.3 is 9.47 Å². The zero-order valence-electron chi connectivity index (χ0n) is 24.8. The van der Waals surface area contributed by atoms with E-state index in [0.29, 0.717) is 22.3 Å². The van der Waals surface area contributed by atoms with Gasteiger partial charge >= 0.3 is 12.2 Å². The quantitative estimate of drug-likeness (QED) is 0.123. The number of carbonyl (C=O) groups is 2.